The largest absolute Gasteiger partial charge is 0.495 e. The minimum Gasteiger partial charge on any atom is -0.495 e. The highest BCUT2D eigenvalue weighted by Crippen LogP contribution is 2.31. The molecule has 0 bridgehead atoms. The number of hydrogen-bond acceptors (Lipinski definition) is 5. The van der Waals surface area contributed by atoms with E-state index in [1.807, 2.05) is 12.1 Å². The molecular weight excluding hydrogens is 378 g/mol. The SMILES string of the molecule is CCC(CC)c1cc(CNC(=NC)NCC2CCN(c3ccccc3OC)C2)on1. The van der Waals surface area contributed by atoms with Crippen LogP contribution in [0.5, 0.6) is 5.75 Å². The Kier molecular flexibility index (Phi) is 7.99. The van der Waals surface area contributed by atoms with E-state index in [4.69, 9.17) is 9.26 Å². The molecule has 1 aliphatic heterocycles. The first-order valence-electron chi connectivity index (χ1n) is 11.0. The van der Waals surface area contributed by atoms with Gasteiger partial charge in [0.2, 0.25) is 0 Å². The third-order valence-corrected chi connectivity index (χ3v) is 5.90. The number of benzene rings is 1. The molecule has 1 atom stereocenters. The van der Waals surface area contributed by atoms with Crippen molar-refractivity contribution in [1.29, 1.82) is 0 Å². The number of aliphatic imine (C=N–C) groups is 1. The van der Waals surface area contributed by atoms with Gasteiger partial charge in [0.15, 0.2) is 11.7 Å². The maximum Gasteiger partial charge on any atom is 0.191 e. The summed E-state index contributed by atoms with van der Waals surface area (Å²) in [6.45, 7) is 7.86. The highest BCUT2D eigenvalue weighted by atomic mass is 16.5. The minimum absolute atomic E-state index is 0.466. The van der Waals surface area contributed by atoms with Crippen molar-refractivity contribution in [2.45, 2.75) is 45.6 Å². The highest BCUT2D eigenvalue weighted by Gasteiger charge is 2.24. The van der Waals surface area contributed by atoms with Gasteiger partial charge in [0.05, 0.1) is 25.0 Å². The summed E-state index contributed by atoms with van der Waals surface area (Å²) < 4.78 is 11.0. The number of anilines is 1. The van der Waals surface area contributed by atoms with Crippen LogP contribution in [0.4, 0.5) is 5.69 Å². The standard InChI is InChI=1S/C23H35N5O2/c1-5-18(6-2)20-13-19(30-27-20)15-26-23(24-3)25-14-17-11-12-28(16-17)21-9-7-8-10-22(21)29-4/h7-10,13,17-18H,5-6,11-12,14-16H2,1-4H3,(H2,24,25,26). The second-order valence-corrected chi connectivity index (χ2v) is 7.81. The summed E-state index contributed by atoms with van der Waals surface area (Å²) in [4.78, 5) is 6.74. The molecule has 1 saturated heterocycles. The van der Waals surface area contributed by atoms with Crippen molar-refractivity contribution in [2.75, 3.05) is 38.7 Å². The number of hydrogen-bond donors (Lipinski definition) is 2. The van der Waals surface area contributed by atoms with E-state index in [1.165, 1.54) is 5.69 Å². The number of guanidine groups is 1. The van der Waals surface area contributed by atoms with E-state index < -0.39 is 0 Å². The van der Waals surface area contributed by atoms with Gasteiger partial charge >= 0.3 is 0 Å². The van der Waals surface area contributed by atoms with Gasteiger partial charge in [0.25, 0.3) is 0 Å². The van der Waals surface area contributed by atoms with E-state index in [9.17, 15) is 0 Å². The summed E-state index contributed by atoms with van der Waals surface area (Å²) in [6.07, 6.45) is 3.29. The summed E-state index contributed by atoms with van der Waals surface area (Å²) in [5.41, 5.74) is 2.21. The number of methoxy groups -OCH3 is 1. The first-order valence-corrected chi connectivity index (χ1v) is 11.0. The summed E-state index contributed by atoms with van der Waals surface area (Å²) >= 11 is 0. The van der Waals surface area contributed by atoms with Crippen LogP contribution in [0.15, 0.2) is 39.8 Å². The molecule has 1 unspecified atom stereocenters. The normalized spacial score (nSPS) is 16.9. The molecule has 0 aliphatic carbocycles. The maximum absolute atomic E-state index is 5.51. The van der Waals surface area contributed by atoms with Crippen molar-refractivity contribution in [1.82, 2.24) is 15.8 Å². The van der Waals surface area contributed by atoms with Crippen molar-refractivity contribution < 1.29 is 9.26 Å². The van der Waals surface area contributed by atoms with Crippen molar-refractivity contribution in [3.8, 4) is 5.75 Å². The molecule has 2 heterocycles. The van der Waals surface area contributed by atoms with Gasteiger partial charge in [-0.15, -0.1) is 0 Å². The molecule has 1 aliphatic rings. The third kappa shape index (κ3) is 5.46. The average Bonchev–Trinajstić information content (AvgIpc) is 3.45. The Hall–Kier alpha value is -2.70. The molecule has 30 heavy (non-hydrogen) atoms. The van der Waals surface area contributed by atoms with Crippen LogP contribution in [0.3, 0.4) is 0 Å². The third-order valence-electron chi connectivity index (χ3n) is 5.90. The number of rotatable bonds is 9. The van der Waals surface area contributed by atoms with E-state index in [0.29, 0.717) is 18.4 Å². The molecule has 7 heteroatoms. The Morgan fingerprint density at radius 2 is 2.10 bits per heavy atom. The Bertz CT molecular complexity index is 815. The van der Waals surface area contributed by atoms with Gasteiger partial charge in [0, 0.05) is 38.7 Å². The second-order valence-electron chi connectivity index (χ2n) is 7.81. The maximum atomic E-state index is 5.51. The lowest BCUT2D eigenvalue weighted by molar-refractivity contribution is 0.368. The van der Waals surface area contributed by atoms with E-state index >= 15 is 0 Å². The Labute approximate surface area is 179 Å². The van der Waals surface area contributed by atoms with E-state index in [-0.39, 0.29) is 0 Å². The molecule has 2 N–H and O–H groups in total. The zero-order valence-electron chi connectivity index (χ0n) is 18.6. The highest BCUT2D eigenvalue weighted by molar-refractivity contribution is 5.79. The fraction of sp³-hybridized carbons (Fsp3) is 0.565. The number of para-hydroxylation sites is 2. The van der Waals surface area contributed by atoms with Gasteiger partial charge in [0.1, 0.15) is 5.75 Å². The quantitative estimate of drug-likeness (QED) is 0.481. The van der Waals surface area contributed by atoms with Crippen LogP contribution < -0.4 is 20.3 Å². The first-order chi connectivity index (χ1) is 14.7. The first kappa shape index (κ1) is 22.0. The minimum atomic E-state index is 0.466. The zero-order chi connectivity index (χ0) is 21.3. The number of ether oxygens (including phenoxy) is 1. The number of aromatic nitrogens is 1. The van der Waals surface area contributed by atoms with Crippen LogP contribution in [-0.4, -0.2) is 44.9 Å². The monoisotopic (exact) mass is 413 g/mol. The molecule has 0 saturated carbocycles. The van der Waals surface area contributed by atoms with Crippen molar-refractivity contribution in [3.05, 3.63) is 41.8 Å². The number of nitrogens with zero attached hydrogens (tertiary/aromatic N) is 3. The zero-order valence-corrected chi connectivity index (χ0v) is 18.6. The molecular formula is C23H35N5O2. The summed E-state index contributed by atoms with van der Waals surface area (Å²) in [7, 11) is 3.52. The van der Waals surface area contributed by atoms with Gasteiger partial charge in [-0.2, -0.15) is 0 Å². The van der Waals surface area contributed by atoms with Crippen molar-refractivity contribution in [3.63, 3.8) is 0 Å². The molecule has 7 nitrogen and oxygen atoms in total. The predicted molar refractivity (Wildman–Crippen MR) is 121 cm³/mol. The summed E-state index contributed by atoms with van der Waals surface area (Å²) in [6, 6.07) is 10.3. The van der Waals surface area contributed by atoms with Gasteiger partial charge in [-0.25, -0.2) is 0 Å². The lowest BCUT2D eigenvalue weighted by Gasteiger charge is -2.21. The molecule has 1 aromatic carbocycles. The Morgan fingerprint density at radius 3 is 2.83 bits per heavy atom. The van der Waals surface area contributed by atoms with Crippen LogP contribution in [0.25, 0.3) is 0 Å². The fourth-order valence-electron chi connectivity index (χ4n) is 4.05. The molecule has 164 valence electrons. The fourth-order valence-corrected chi connectivity index (χ4v) is 4.05. The topological polar surface area (TPSA) is 74.9 Å². The van der Waals surface area contributed by atoms with Crippen LogP contribution in [0.1, 0.15) is 50.5 Å². The second kappa shape index (κ2) is 10.9. The molecule has 1 aromatic heterocycles. The number of nitrogens with one attached hydrogen (secondary N) is 2. The molecule has 0 radical (unpaired) electrons. The van der Waals surface area contributed by atoms with Crippen LogP contribution >= 0.6 is 0 Å². The van der Waals surface area contributed by atoms with Gasteiger partial charge < -0.3 is 24.8 Å². The molecule has 0 spiro atoms. The Balaban J connectivity index is 1.46. The lowest BCUT2D eigenvalue weighted by Crippen LogP contribution is -2.39. The molecule has 0 amide bonds. The van der Waals surface area contributed by atoms with Crippen LogP contribution in [-0.2, 0) is 6.54 Å². The van der Waals surface area contributed by atoms with E-state index in [1.54, 1.807) is 14.2 Å². The van der Waals surface area contributed by atoms with Crippen molar-refractivity contribution in [2.24, 2.45) is 10.9 Å². The van der Waals surface area contributed by atoms with Gasteiger partial charge in [-0.3, -0.25) is 4.99 Å². The van der Waals surface area contributed by atoms with Gasteiger partial charge in [-0.05, 0) is 37.3 Å². The molecule has 3 rings (SSSR count). The summed E-state index contributed by atoms with van der Waals surface area (Å²) in [5.74, 6) is 3.58. The summed E-state index contributed by atoms with van der Waals surface area (Å²) in [5, 5.41) is 11.0. The smallest absolute Gasteiger partial charge is 0.191 e. The lowest BCUT2D eigenvalue weighted by atomic mass is 9.99. The molecule has 1 fully saturated rings. The Morgan fingerprint density at radius 1 is 1.30 bits per heavy atom. The van der Waals surface area contributed by atoms with Crippen LogP contribution in [0, 0.1) is 5.92 Å². The van der Waals surface area contributed by atoms with Gasteiger partial charge in [-0.1, -0.05) is 31.1 Å². The van der Waals surface area contributed by atoms with Crippen molar-refractivity contribution >= 4 is 11.6 Å². The van der Waals surface area contributed by atoms with Crippen LogP contribution in [0.2, 0.25) is 0 Å². The average molecular weight is 414 g/mol. The van der Waals surface area contributed by atoms with E-state index in [0.717, 1.165) is 62.1 Å². The van der Waals surface area contributed by atoms with E-state index in [2.05, 4.69) is 57.7 Å². The predicted octanol–water partition coefficient (Wildman–Crippen LogP) is 3.78. The molecule has 2 aromatic rings.